The summed E-state index contributed by atoms with van der Waals surface area (Å²) in [6.45, 7) is 2.51. The largest absolute Gasteiger partial charge is 0.497 e. The Balaban J connectivity index is 1.64. The van der Waals surface area contributed by atoms with Crippen LogP contribution in [0.2, 0.25) is 0 Å². The highest BCUT2D eigenvalue weighted by atomic mass is 16.5. The number of aromatic amines is 1. The Hall–Kier alpha value is -3.61. The molecule has 0 aliphatic heterocycles. The van der Waals surface area contributed by atoms with E-state index in [1.165, 1.54) is 0 Å². The molecule has 2 N–H and O–H groups in total. The lowest BCUT2D eigenvalue weighted by Gasteiger charge is -2.03. The van der Waals surface area contributed by atoms with Crippen molar-refractivity contribution in [2.24, 2.45) is 5.10 Å². The van der Waals surface area contributed by atoms with Crippen LogP contribution in [0.5, 0.6) is 11.5 Å². The Kier molecular flexibility index (Phi) is 5.84. The number of ether oxygens (including phenoxy) is 2. The fourth-order valence-electron chi connectivity index (χ4n) is 2.41. The molecule has 0 atom stereocenters. The molecular weight excluding hydrogens is 344 g/mol. The van der Waals surface area contributed by atoms with E-state index in [0.717, 1.165) is 22.6 Å². The molecule has 1 amide bonds. The SMILES string of the molecule is CCOc1cccc(-c2cc(C(=O)N/N=C\c3ccc(OC)cc3)[nH]n2)c1. The molecule has 0 radical (unpaired) electrons. The van der Waals surface area contributed by atoms with Crippen LogP contribution >= 0.6 is 0 Å². The maximum absolute atomic E-state index is 12.2. The Morgan fingerprint density at radius 3 is 2.74 bits per heavy atom. The van der Waals surface area contributed by atoms with E-state index < -0.39 is 0 Å². The third kappa shape index (κ3) is 4.72. The first-order valence-corrected chi connectivity index (χ1v) is 8.45. The number of carbonyl (C=O) groups is 1. The highest BCUT2D eigenvalue weighted by molar-refractivity contribution is 5.94. The van der Waals surface area contributed by atoms with Gasteiger partial charge in [0.05, 0.1) is 25.6 Å². The van der Waals surface area contributed by atoms with Crippen molar-refractivity contribution in [1.29, 1.82) is 0 Å². The Bertz CT molecular complexity index is 932. The zero-order valence-electron chi connectivity index (χ0n) is 15.1. The van der Waals surface area contributed by atoms with Crippen LogP contribution < -0.4 is 14.9 Å². The zero-order valence-corrected chi connectivity index (χ0v) is 15.1. The molecule has 0 saturated carbocycles. The second-order valence-corrected chi connectivity index (χ2v) is 5.60. The normalized spacial score (nSPS) is 10.7. The van der Waals surface area contributed by atoms with Crippen LogP contribution in [-0.4, -0.2) is 36.0 Å². The van der Waals surface area contributed by atoms with Crippen LogP contribution in [0.15, 0.2) is 59.7 Å². The van der Waals surface area contributed by atoms with Crippen molar-refractivity contribution in [3.05, 3.63) is 65.9 Å². The van der Waals surface area contributed by atoms with E-state index in [4.69, 9.17) is 9.47 Å². The van der Waals surface area contributed by atoms with Crippen molar-refractivity contribution in [2.75, 3.05) is 13.7 Å². The van der Waals surface area contributed by atoms with Crippen molar-refractivity contribution in [1.82, 2.24) is 15.6 Å². The summed E-state index contributed by atoms with van der Waals surface area (Å²) in [5, 5.41) is 10.9. The first kappa shape index (κ1) is 18.2. The van der Waals surface area contributed by atoms with E-state index in [2.05, 4.69) is 20.7 Å². The maximum Gasteiger partial charge on any atom is 0.289 e. The molecule has 0 saturated heterocycles. The summed E-state index contributed by atoms with van der Waals surface area (Å²) in [6, 6.07) is 16.5. The van der Waals surface area contributed by atoms with Gasteiger partial charge in [-0.05, 0) is 55.0 Å². The molecule has 27 heavy (non-hydrogen) atoms. The first-order chi connectivity index (χ1) is 13.2. The van der Waals surface area contributed by atoms with Gasteiger partial charge in [0.1, 0.15) is 17.2 Å². The van der Waals surface area contributed by atoms with Crippen LogP contribution in [0, 0.1) is 0 Å². The third-order valence-electron chi connectivity index (χ3n) is 3.76. The molecule has 0 fully saturated rings. The number of benzene rings is 2. The van der Waals surface area contributed by atoms with Gasteiger partial charge >= 0.3 is 0 Å². The molecule has 0 aliphatic rings. The van der Waals surface area contributed by atoms with Gasteiger partial charge < -0.3 is 9.47 Å². The molecule has 0 unspecified atom stereocenters. The smallest absolute Gasteiger partial charge is 0.289 e. The predicted octanol–water partition coefficient (Wildman–Crippen LogP) is 3.25. The number of carbonyl (C=O) groups excluding carboxylic acids is 1. The average molecular weight is 364 g/mol. The molecular formula is C20H20N4O3. The van der Waals surface area contributed by atoms with Crippen LogP contribution in [0.1, 0.15) is 23.0 Å². The van der Waals surface area contributed by atoms with E-state index in [9.17, 15) is 4.79 Å². The molecule has 1 heterocycles. The van der Waals surface area contributed by atoms with Gasteiger partial charge in [0, 0.05) is 5.56 Å². The molecule has 0 bridgehead atoms. The van der Waals surface area contributed by atoms with Gasteiger partial charge in [-0.25, -0.2) is 5.43 Å². The summed E-state index contributed by atoms with van der Waals surface area (Å²) in [4.78, 5) is 12.2. The summed E-state index contributed by atoms with van der Waals surface area (Å²) in [5.74, 6) is 1.14. The minimum absolute atomic E-state index is 0.318. The maximum atomic E-state index is 12.2. The predicted molar refractivity (Wildman–Crippen MR) is 103 cm³/mol. The molecule has 3 aromatic rings. The topological polar surface area (TPSA) is 88.6 Å². The number of hydrogen-bond acceptors (Lipinski definition) is 5. The van der Waals surface area contributed by atoms with Gasteiger partial charge in [-0.2, -0.15) is 10.2 Å². The number of nitrogens with one attached hydrogen (secondary N) is 2. The second-order valence-electron chi connectivity index (χ2n) is 5.60. The van der Waals surface area contributed by atoms with E-state index in [0.29, 0.717) is 18.0 Å². The molecule has 3 rings (SSSR count). The van der Waals surface area contributed by atoms with Crippen LogP contribution in [0.4, 0.5) is 0 Å². The Morgan fingerprint density at radius 2 is 2.00 bits per heavy atom. The van der Waals surface area contributed by atoms with Gasteiger partial charge in [-0.15, -0.1) is 0 Å². The van der Waals surface area contributed by atoms with Crippen molar-refractivity contribution >= 4 is 12.1 Å². The number of aromatic nitrogens is 2. The molecule has 7 nitrogen and oxygen atoms in total. The molecule has 0 spiro atoms. The average Bonchev–Trinajstić information content (AvgIpc) is 3.19. The van der Waals surface area contributed by atoms with Crippen molar-refractivity contribution in [3.8, 4) is 22.8 Å². The summed E-state index contributed by atoms with van der Waals surface area (Å²) in [5.41, 5.74) is 5.15. The van der Waals surface area contributed by atoms with E-state index in [1.807, 2.05) is 55.5 Å². The third-order valence-corrected chi connectivity index (χ3v) is 3.76. The lowest BCUT2D eigenvalue weighted by atomic mass is 10.1. The summed E-state index contributed by atoms with van der Waals surface area (Å²) >= 11 is 0. The van der Waals surface area contributed by atoms with Crippen molar-refractivity contribution in [3.63, 3.8) is 0 Å². The fourth-order valence-corrected chi connectivity index (χ4v) is 2.41. The fraction of sp³-hybridized carbons (Fsp3) is 0.150. The second kappa shape index (κ2) is 8.66. The quantitative estimate of drug-likeness (QED) is 0.497. The van der Waals surface area contributed by atoms with E-state index >= 15 is 0 Å². The lowest BCUT2D eigenvalue weighted by molar-refractivity contribution is 0.0950. The standard InChI is InChI=1S/C20H20N4O3/c1-3-27-17-6-4-5-15(11-17)18-12-19(23-22-18)20(25)24-21-13-14-7-9-16(26-2)10-8-14/h4-13H,3H2,1-2H3,(H,22,23)(H,24,25)/b21-13-. The van der Waals surface area contributed by atoms with E-state index in [1.54, 1.807) is 19.4 Å². The molecule has 2 aromatic carbocycles. The minimum Gasteiger partial charge on any atom is -0.497 e. The number of amides is 1. The minimum atomic E-state index is -0.375. The number of nitrogens with zero attached hydrogens (tertiary/aromatic N) is 2. The van der Waals surface area contributed by atoms with Gasteiger partial charge in [0.2, 0.25) is 0 Å². The molecule has 0 aliphatic carbocycles. The van der Waals surface area contributed by atoms with Gasteiger partial charge in [-0.1, -0.05) is 12.1 Å². The Morgan fingerprint density at radius 1 is 1.19 bits per heavy atom. The summed E-state index contributed by atoms with van der Waals surface area (Å²) in [7, 11) is 1.61. The van der Waals surface area contributed by atoms with Crippen LogP contribution in [0.3, 0.4) is 0 Å². The van der Waals surface area contributed by atoms with Crippen LogP contribution in [-0.2, 0) is 0 Å². The summed E-state index contributed by atoms with van der Waals surface area (Å²) < 4.78 is 10.6. The van der Waals surface area contributed by atoms with Crippen LogP contribution in [0.25, 0.3) is 11.3 Å². The number of rotatable bonds is 7. The zero-order chi connectivity index (χ0) is 19.1. The van der Waals surface area contributed by atoms with Crippen molar-refractivity contribution in [2.45, 2.75) is 6.92 Å². The number of methoxy groups -OCH3 is 1. The van der Waals surface area contributed by atoms with Gasteiger partial charge in [0.15, 0.2) is 0 Å². The monoisotopic (exact) mass is 364 g/mol. The van der Waals surface area contributed by atoms with Crippen molar-refractivity contribution < 1.29 is 14.3 Å². The first-order valence-electron chi connectivity index (χ1n) is 8.45. The lowest BCUT2D eigenvalue weighted by Crippen LogP contribution is -2.17. The highest BCUT2D eigenvalue weighted by Gasteiger charge is 2.11. The highest BCUT2D eigenvalue weighted by Crippen LogP contribution is 2.22. The van der Waals surface area contributed by atoms with Gasteiger partial charge in [0.25, 0.3) is 5.91 Å². The number of hydrazone groups is 1. The Labute approximate surface area is 157 Å². The number of hydrogen-bond donors (Lipinski definition) is 2. The molecule has 7 heteroatoms. The van der Waals surface area contributed by atoms with E-state index in [-0.39, 0.29) is 5.91 Å². The molecule has 1 aromatic heterocycles. The summed E-state index contributed by atoms with van der Waals surface area (Å²) in [6.07, 6.45) is 1.56. The number of H-pyrrole nitrogens is 1. The molecule has 138 valence electrons. The van der Waals surface area contributed by atoms with Gasteiger partial charge in [-0.3, -0.25) is 9.89 Å².